The fourth-order valence-electron chi connectivity index (χ4n) is 2.06. The topological polar surface area (TPSA) is 91.8 Å². The summed E-state index contributed by atoms with van der Waals surface area (Å²) in [5.41, 5.74) is 1.72. The van der Waals surface area contributed by atoms with Crippen molar-refractivity contribution in [2.24, 2.45) is 0 Å². The molecule has 0 fully saturated rings. The van der Waals surface area contributed by atoms with Crippen LogP contribution in [-0.2, 0) is 0 Å². The van der Waals surface area contributed by atoms with Crippen molar-refractivity contribution in [3.8, 4) is 28.5 Å². The second kappa shape index (κ2) is 5.16. The number of rotatable bonds is 2. The fourth-order valence-corrected chi connectivity index (χ4v) is 2.06. The van der Waals surface area contributed by atoms with Gasteiger partial charge in [0.1, 0.15) is 11.3 Å². The van der Waals surface area contributed by atoms with Gasteiger partial charge in [-0.25, -0.2) is 4.98 Å². The van der Waals surface area contributed by atoms with E-state index in [1.807, 2.05) is 25.1 Å². The van der Waals surface area contributed by atoms with Crippen LogP contribution in [-0.4, -0.2) is 25.0 Å². The normalized spacial score (nSPS) is 10.5. The third-order valence-corrected chi connectivity index (χ3v) is 3.01. The van der Waals surface area contributed by atoms with Crippen LogP contribution >= 0.6 is 0 Å². The van der Waals surface area contributed by atoms with Gasteiger partial charge in [0.15, 0.2) is 5.82 Å². The highest BCUT2D eigenvalue weighted by Crippen LogP contribution is 2.25. The van der Waals surface area contributed by atoms with Crippen LogP contribution in [0.15, 0.2) is 47.7 Å². The summed E-state index contributed by atoms with van der Waals surface area (Å²) in [5, 5.41) is 10.1. The number of H-pyrrole nitrogens is 1. The van der Waals surface area contributed by atoms with Crippen LogP contribution in [0, 0.1) is 6.92 Å². The first-order chi connectivity index (χ1) is 10.1. The first-order valence-corrected chi connectivity index (χ1v) is 6.32. The van der Waals surface area contributed by atoms with Crippen molar-refractivity contribution in [1.82, 2.24) is 19.9 Å². The number of nitrogens with one attached hydrogen (secondary N) is 1. The monoisotopic (exact) mass is 280 g/mol. The molecule has 2 N–H and O–H groups in total. The lowest BCUT2D eigenvalue weighted by atomic mass is 10.1. The molecule has 0 saturated carbocycles. The van der Waals surface area contributed by atoms with E-state index in [9.17, 15) is 9.90 Å². The summed E-state index contributed by atoms with van der Waals surface area (Å²) in [6.45, 7) is 1.91. The summed E-state index contributed by atoms with van der Waals surface area (Å²) < 4.78 is 0. The van der Waals surface area contributed by atoms with Gasteiger partial charge in [-0.15, -0.1) is 0 Å². The second-order valence-corrected chi connectivity index (χ2v) is 4.57. The Hall–Kier alpha value is -3.02. The number of nitrogens with zero attached hydrogens (tertiary/aromatic N) is 3. The Bertz CT molecular complexity index is 844. The number of aryl methyl sites for hydroxylation is 1. The number of aromatic amines is 1. The van der Waals surface area contributed by atoms with Gasteiger partial charge in [-0.1, -0.05) is 29.8 Å². The van der Waals surface area contributed by atoms with Crippen molar-refractivity contribution in [3.63, 3.8) is 0 Å². The third kappa shape index (κ3) is 2.51. The van der Waals surface area contributed by atoms with Crippen LogP contribution in [0.25, 0.3) is 22.6 Å². The van der Waals surface area contributed by atoms with E-state index in [0.717, 1.165) is 5.56 Å². The zero-order valence-corrected chi connectivity index (χ0v) is 11.2. The Morgan fingerprint density at radius 3 is 2.76 bits per heavy atom. The molecule has 0 amide bonds. The molecule has 6 heteroatoms. The Morgan fingerprint density at radius 1 is 1.24 bits per heavy atom. The lowest BCUT2D eigenvalue weighted by Gasteiger charge is -2.06. The van der Waals surface area contributed by atoms with Crippen LogP contribution in [0.1, 0.15) is 5.56 Å². The lowest BCUT2D eigenvalue weighted by molar-refractivity contribution is 0.454. The maximum absolute atomic E-state index is 12.2. The maximum atomic E-state index is 12.2. The predicted molar refractivity (Wildman–Crippen MR) is 77.7 cm³/mol. The summed E-state index contributed by atoms with van der Waals surface area (Å²) in [4.78, 5) is 26.8. The number of benzene rings is 1. The molecule has 0 atom stereocenters. The Balaban J connectivity index is 2.16. The van der Waals surface area contributed by atoms with E-state index in [1.54, 1.807) is 6.07 Å². The summed E-state index contributed by atoms with van der Waals surface area (Å²) >= 11 is 0. The third-order valence-electron chi connectivity index (χ3n) is 3.01. The first kappa shape index (κ1) is 13.0. The largest absolute Gasteiger partial charge is 0.493 e. The molecule has 2 heterocycles. The Morgan fingerprint density at radius 2 is 2.10 bits per heavy atom. The average Bonchev–Trinajstić information content (AvgIpc) is 2.47. The van der Waals surface area contributed by atoms with E-state index in [4.69, 9.17) is 0 Å². The molecule has 0 spiro atoms. The second-order valence-electron chi connectivity index (χ2n) is 4.57. The van der Waals surface area contributed by atoms with E-state index in [0.29, 0.717) is 11.3 Å². The Labute approximate surface area is 120 Å². The minimum atomic E-state index is -0.422. The quantitative estimate of drug-likeness (QED) is 0.748. The number of hydrogen-bond acceptors (Lipinski definition) is 5. The summed E-state index contributed by atoms with van der Waals surface area (Å²) in [6.07, 6.45) is 4.47. The molecule has 104 valence electrons. The number of aromatic nitrogens is 4. The highest BCUT2D eigenvalue weighted by Gasteiger charge is 2.14. The van der Waals surface area contributed by atoms with E-state index in [2.05, 4.69) is 19.9 Å². The van der Waals surface area contributed by atoms with Crippen molar-refractivity contribution in [2.75, 3.05) is 0 Å². The number of hydrogen-bond donors (Lipinski definition) is 2. The van der Waals surface area contributed by atoms with Gasteiger partial charge in [-0.3, -0.25) is 9.78 Å². The van der Waals surface area contributed by atoms with E-state index in [1.165, 1.54) is 18.6 Å². The molecule has 3 aromatic rings. The molecule has 2 aromatic heterocycles. The highest BCUT2D eigenvalue weighted by atomic mass is 16.3. The highest BCUT2D eigenvalue weighted by molar-refractivity contribution is 5.69. The van der Waals surface area contributed by atoms with Gasteiger partial charge in [0.05, 0.1) is 6.20 Å². The van der Waals surface area contributed by atoms with E-state index < -0.39 is 5.56 Å². The standard InChI is InChI=1S/C15H12N4O2/c1-9-3-2-4-10(7-9)12-14(20)18-13(19-15(12)21)11-8-16-5-6-17-11/h2-8H,1H3,(H2,18,19,20,21). The van der Waals surface area contributed by atoms with Crippen molar-refractivity contribution in [3.05, 3.63) is 58.8 Å². The summed E-state index contributed by atoms with van der Waals surface area (Å²) in [6, 6.07) is 7.30. The van der Waals surface area contributed by atoms with Crippen LogP contribution in [0.3, 0.4) is 0 Å². The lowest BCUT2D eigenvalue weighted by Crippen LogP contribution is -2.12. The molecule has 6 nitrogen and oxygen atoms in total. The van der Waals surface area contributed by atoms with Crippen LogP contribution in [0.2, 0.25) is 0 Å². The van der Waals surface area contributed by atoms with Gasteiger partial charge in [-0.2, -0.15) is 4.98 Å². The minimum Gasteiger partial charge on any atom is -0.493 e. The molecule has 0 aliphatic heterocycles. The van der Waals surface area contributed by atoms with Crippen LogP contribution in [0.4, 0.5) is 0 Å². The molecule has 0 aliphatic rings. The molecule has 0 bridgehead atoms. The van der Waals surface area contributed by atoms with Gasteiger partial charge in [0, 0.05) is 12.4 Å². The van der Waals surface area contributed by atoms with Crippen molar-refractivity contribution in [1.29, 1.82) is 0 Å². The minimum absolute atomic E-state index is 0.145. The van der Waals surface area contributed by atoms with Crippen molar-refractivity contribution < 1.29 is 5.11 Å². The van der Waals surface area contributed by atoms with Gasteiger partial charge >= 0.3 is 0 Å². The molecule has 0 unspecified atom stereocenters. The first-order valence-electron chi connectivity index (χ1n) is 6.32. The SMILES string of the molecule is Cc1cccc(-c2c(O)nc(-c3cnccn3)[nH]c2=O)c1. The summed E-state index contributed by atoms with van der Waals surface area (Å²) in [5.74, 6) is -0.146. The van der Waals surface area contributed by atoms with Crippen molar-refractivity contribution in [2.45, 2.75) is 6.92 Å². The van der Waals surface area contributed by atoms with Crippen LogP contribution in [0.5, 0.6) is 5.88 Å². The molecule has 0 radical (unpaired) electrons. The zero-order valence-electron chi connectivity index (χ0n) is 11.2. The van der Waals surface area contributed by atoms with Gasteiger partial charge < -0.3 is 10.1 Å². The molecule has 0 saturated heterocycles. The molecular weight excluding hydrogens is 268 g/mol. The average molecular weight is 280 g/mol. The fraction of sp³-hybridized carbons (Fsp3) is 0.0667. The van der Waals surface area contributed by atoms with E-state index in [-0.39, 0.29) is 17.3 Å². The number of aromatic hydroxyl groups is 1. The summed E-state index contributed by atoms with van der Waals surface area (Å²) in [7, 11) is 0. The molecular formula is C15H12N4O2. The van der Waals surface area contributed by atoms with E-state index >= 15 is 0 Å². The predicted octanol–water partition coefficient (Wildman–Crippen LogP) is 1.91. The molecule has 0 aliphatic carbocycles. The van der Waals surface area contributed by atoms with Gasteiger partial charge in [-0.05, 0) is 12.5 Å². The smallest absolute Gasteiger partial charge is 0.262 e. The molecule has 3 rings (SSSR count). The van der Waals surface area contributed by atoms with Gasteiger partial charge in [0.2, 0.25) is 5.88 Å². The maximum Gasteiger partial charge on any atom is 0.262 e. The molecule has 1 aromatic carbocycles. The molecule has 21 heavy (non-hydrogen) atoms. The van der Waals surface area contributed by atoms with Crippen molar-refractivity contribution >= 4 is 0 Å². The zero-order chi connectivity index (χ0) is 14.8. The Kier molecular flexibility index (Phi) is 3.19. The van der Waals surface area contributed by atoms with Gasteiger partial charge in [0.25, 0.3) is 5.56 Å². The van der Waals surface area contributed by atoms with Crippen LogP contribution < -0.4 is 5.56 Å².